The van der Waals surface area contributed by atoms with E-state index in [2.05, 4.69) is 10.3 Å². The number of halogens is 3. The first-order valence-electron chi connectivity index (χ1n) is 8.84. The number of hydrogen-bond acceptors (Lipinski definition) is 3. The second-order valence-electron chi connectivity index (χ2n) is 6.79. The predicted molar refractivity (Wildman–Crippen MR) is 105 cm³/mol. The molecule has 8 heteroatoms. The average Bonchev–Trinajstić information content (AvgIpc) is 2.67. The molecule has 29 heavy (non-hydrogen) atoms. The van der Waals surface area contributed by atoms with E-state index in [0.29, 0.717) is 0 Å². The first-order valence-corrected chi connectivity index (χ1v) is 8.84. The number of H-pyrrole nitrogens is 1. The smallest absolute Gasteiger partial charge is 0.252 e. The van der Waals surface area contributed by atoms with Crippen LogP contribution in [0.4, 0.5) is 13.2 Å². The number of allylic oxidation sites excluding steroid dienone is 2. The Morgan fingerprint density at radius 1 is 1.38 bits per heavy atom. The van der Waals surface area contributed by atoms with E-state index in [-0.39, 0.29) is 36.9 Å². The van der Waals surface area contributed by atoms with Gasteiger partial charge in [0.1, 0.15) is 5.83 Å². The van der Waals surface area contributed by atoms with E-state index in [0.717, 1.165) is 12.5 Å². The number of carbonyl (C=O) groups excluding carboxylic acids is 1. The van der Waals surface area contributed by atoms with Gasteiger partial charge in [0.25, 0.3) is 5.56 Å². The minimum absolute atomic E-state index is 0. The van der Waals surface area contributed by atoms with Crippen LogP contribution in [0.1, 0.15) is 20.9 Å². The van der Waals surface area contributed by atoms with Gasteiger partial charge in [-0.2, -0.15) is 5.26 Å². The van der Waals surface area contributed by atoms with Crippen LogP contribution in [0.15, 0.2) is 40.5 Å². The van der Waals surface area contributed by atoms with Crippen molar-refractivity contribution in [1.29, 1.82) is 5.26 Å². The molecule has 1 aromatic heterocycles. The summed E-state index contributed by atoms with van der Waals surface area (Å²) >= 11 is 0. The van der Waals surface area contributed by atoms with Crippen LogP contribution >= 0.6 is 0 Å². The normalized spacial score (nSPS) is 17.3. The van der Waals surface area contributed by atoms with Gasteiger partial charge in [-0.05, 0) is 31.5 Å². The van der Waals surface area contributed by atoms with Crippen molar-refractivity contribution < 1.29 is 20.8 Å². The Kier molecular flexibility index (Phi) is 5.59. The third kappa shape index (κ3) is 3.94. The molecule has 1 radical (unpaired) electrons. The molecule has 2 aromatic rings. The highest BCUT2D eigenvalue weighted by Gasteiger charge is 2.23. The van der Waals surface area contributed by atoms with Gasteiger partial charge in [0.05, 0.1) is 30.0 Å². The number of benzene rings is 1. The summed E-state index contributed by atoms with van der Waals surface area (Å²) in [5.41, 5.74) is -0.0988. The fourth-order valence-electron chi connectivity index (χ4n) is 3.31. The van der Waals surface area contributed by atoms with Crippen molar-refractivity contribution in [3.8, 4) is 6.07 Å². The third-order valence-electron chi connectivity index (χ3n) is 4.86. The van der Waals surface area contributed by atoms with Crippen molar-refractivity contribution in [3.63, 3.8) is 0 Å². The van der Waals surface area contributed by atoms with Crippen LogP contribution in [-0.4, -0.2) is 16.9 Å². The van der Waals surface area contributed by atoms with Crippen LogP contribution in [0.3, 0.4) is 0 Å². The zero-order chi connectivity index (χ0) is 21.3. The van der Waals surface area contributed by atoms with Gasteiger partial charge in [-0.15, -0.1) is 0 Å². The Balaban J connectivity index is 0.00000240. The van der Waals surface area contributed by atoms with Gasteiger partial charge in [0.2, 0.25) is 5.91 Å². The predicted octanol–water partition coefficient (Wildman–Crippen LogP) is 3.79. The van der Waals surface area contributed by atoms with Crippen LogP contribution in [0.2, 0.25) is 0 Å². The summed E-state index contributed by atoms with van der Waals surface area (Å²) in [6.45, 7) is 3.00. The van der Waals surface area contributed by atoms with Crippen molar-refractivity contribution in [2.24, 2.45) is 5.92 Å². The number of aryl methyl sites for hydroxylation is 1. The molecule has 1 heterocycles. The van der Waals surface area contributed by atoms with E-state index in [1.165, 1.54) is 25.1 Å². The molecule has 0 saturated heterocycles. The fourth-order valence-corrected chi connectivity index (χ4v) is 3.31. The van der Waals surface area contributed by atoms with E-state index in [1.54, 1.807) is 6.92 Å². The number of rotatable bonds is 4. The van der Waals surface area contributed by atoms with Gasteiger partial charge in [-0.3, -0.25) is 9.59 Å². The largest absolute Gasteiger partial charge is 0.349 e. The van der Waals surface area contributed by atoms with Crippen molar-refractivity contribution in [3.05, 3.63) is 75.2 Å². The molecular formula is C21H21F3N3O2. The molecule has 0 spiro atoms. The maximum Gasteiger partial charge on any atom is 0.252 e. The molecule has 0 saturated carbocycles. The van der Waals surface area contributed by atoms with E-state index in [4.69, 9.17) is 5.26 Å². The van der Waals surface area contributed by atoms with Crippen molar-refractivity contribution in [1.82, 2.24) is 10.3 Å². The summed E-state index contributed by atoms with van der Waals surface area (Å²) in [4.78, 5) is 27.2. The number of carbonyl (C=O) groups is 1. The number of amides is 1. The highest BCUT2D eigenvalue weighted by molar-refractivity contribution is 5.86. The minimum atomic E-state index is -1.10. The SMILES string of the molecule is Cc1c(CC(=O)N[C@H](C)C2=C(F)[CH]C(C#N)C=C2)c(=O)[nH]c2ccc(F)c(F)c12.[HH].[HH]. The Bertz CT molecular complexity index is 1170. The number of aromatic amines is 1. The Labute approximate surface area is 167 Å². The average molecular weight is 404 g/mol. The van der Waals surface area contributed by atoms with E-state index in [9.17, 15) is 22.8 Å². The van der Waals surface area contributed by atoms with E-state index in [1.807, 2.05) is 6.07 Å². The summed E-state index contributed by atoms with van der Waals surface area (Å²) in [5.74, 6) is -4.03. The second-order valence-corrected chi connectivity index (χ2v) is 6.79. The monoisotopic (exact) mass is 404 g/mol. The number of pyridine rings is 1. The molecule has 0 bridgehead atoms. The van der Waals surface area contributed by atoms with Crippen LogP contribution in [0, 0.1) is 42.2 Å². The minimum Gasteiger partial charge on any atom is -0.349 e. The molecule has 5 nitrogen and oxygen atoms in total. The maximum atomic E-state index is 14.2. The Morgan fingerprint density at radius 3 is 2.76 bits per heavy atom. The lowest BCUT2D eigenvalue weighted by Gasteiger charge is -2.20. The summed E-state index contributed by atoms with van der Waals surface area (Å²) in [7, 11) is 0. The zero-order valence-corrected chi connectivity index (χ0v) is 15.6. The Morgan fingerprint density at radius 2 is 2.10 bits per heavy atom. The summed E-state index contributed by atoms with van der Waals surface area (Å²) in [6.07, 6.45) is 3.70. The summed E-state index contributed by atoms with van der Waals surface area (Å²) in [5, 5.41) is 11.3. The lowest BCUT2D eigenvalue weighted by atomic mass is 9.93. The topological polar surface area (TPSA) is 85.8 Å². The van der Waals surface area contributed by atoms with Crippen LogP contribution < -0.4 is 10.9 Å². The van der Waals surface area contributed by atoms with Crippen LogP contribution in [0.25, 0.3) is 10.9 Å². The quantitative estimate of drug-likeness (QED) is 0.813. The van der Waals surface area contributed by atoms with Gasteiger partial charge >= 0.3 is 0 Å². The molecule has 1 aromatic carbocycles. The summed E-state index contributed by atoms with van der Waals surface area (Å²) in [6, 6.07) is 3.35. The molecule has 1 aliphatic carbocycles. The number of aromatic nitrogens is 1. The molecule has 0 aliphatic heterocycles. The van der Waals surface area contributed by atoms with E-state index < -0.39 is 40.9 Å². The Hall–Kier alpha value is -3.34. The van der Waals surface area contributed by atoms with Gasteiger partial charge in [0.15, 0.2) is 11.6 Å². The lowest BCUT2D eigenvalue weighted by molar-refractivity contribution is -0.120. The first-order chi connectivity index (χ1) is 13.7. The van der Waals surface area contributed by atoms with Crippen LogP contribution in [-0.2, 0) is 11.2 Å². The number of nitrogens with one attached hydrogen (secondary N) is 2. The van der Waals surface area contributed by atoms with Crippen molar-refractivity contribution in [2.75, 3.05) is 0 Å². The molecule has 1 unspecified atom stereocenters. The number of nitriles is 1. The molecule has 153 valence electrons. The standard InChI is InChI=1S/C21H17F3N3O2.2H2/c1-10-14(21(29)27-17-6-5-15(22)20(24)19(10)17)8-18(28)26-11(2)13-4-3-12(9-25)7-16(13)23;;/h3-7,11-12H,8H2,1-2H3,(H,26,28)(H,27,29);2*1H/t11-,12?;;/m1../s1. The second kappa shape index (κ2) is 7.95. The molecule has 2 N–H and O–H groups in total. The highest BCUT2D eigenvalue weighted by atomic mass is 19.2. The summed E-state index contributed by atoms with van der Waals surface area (Å²) < 4.78 is 41.9. The lowest BCUT2D eigenvalue weighted by Crippen LogP contribution is -2.37. The molecule has 0 fully saturated rings. The van der Waals surface area contributed by atoms with Gasteiger partial charge in [-0.1, -0.05) is 12.2 Å². The number of fused-ring (bicyclic) bond motifs is 1. The zero-order valence-electron chi connectivity index (χ0n) is 15.6. The molecule has 1 aliphatic rings. The van der Waals surface area contributed by atoms with Crippen molar-refractivity contribution >= 4 is 16.8 Å². The van der Waals surface area contributed by atoms with Gasteiger partial charge < -0.3 is 10.3 Å². The molecule has 1 amide bonds. The first kappa shape index (κ1) is 20.4. The van der Waals surface area contributed by atoms with Gasteiger partial charge in [-0.25, -0.2) is 13.2 Å². The molecule has 2 atom stereocenters. The molecular weight excluding hydrogens is 383 g/mol. The van der Waals surface area contributed by atoms with Gasteiger partial charge in [0, 0.05) is 25.8 Å². The highest BCUT2D eigenvalue weighted by Crippen LogP contribution is 2.26. The molecule has 3 rings (SSSR count). The number of hydrogen-bond donors (Lipinski definition) is 2. The van der Waals surface area contributed by atoms with E-state index >= 15 is 0 Å². The van der Waals surface area contributed by atoms with Crippen molar-refractivity contribution in [2.45, 2.75) is 26.3 Å². The third-order valence-corrected chi connectivity index (χ3v) is 4.86. The maximum absolute atomic E-state index is 14.2. The number of nitrogens with zero attached hydrogens (tertiary/aromatic N) is 1. The fraction of sp³-hybridized carbons (Fsp3) is 0.238. The van der Waals surface area contributed by atoms with Crippen LogP contribution in [0.5, 0.6) is 0 Å².